The van der Waals surface area contributed by atoms with Crippen LogP contribution in [0.5, 0.6) is 0 Å². The second kappa shape index (κ2) is 6.38. The predicted molar refractivity (Wildman–Crippen MR) is 20.3 cm³/mol. The van der Waals surface area contributed by atoms with Gasteiger partial charge < -0.3 is 5.11 Å². The Bertz CT molecular complexity index is 72.0. The van der Waals surface area contributed by atoms with E-state index in [0.29, 0.717) is 0 Å². The SMILES string of the molecule is CC(=O)O.O=[N+]([O-])[Co]. The van der Waals surface area contributed by atoms with Gasteiger partial charge >= 0.3 is 30.0 Å². The molecule has 0 spiro atoms. The van der Waals surface area contributed by atoms with Crippen molar-refractivity contribution in [1.82, 2.24) is 0 Å². The van der Waals surface area contributed by atoms with Crippen LogP contribution in [0.1, 0.15) is 6.92 Å². The van der Waals surface area contributed by atoms with E-state index in [4.69, 9.17) is 20.0 Å². The van der Waals surface area contributed by atoms with Gasteiger partial charge in [-0.2, -0.15) is 0 Å². The van der Waals surface area contributed by atoms with E-state index in [1.165, 1.54) is 0 Å². The zero-order valence-electron chi connectivity index (χ0n) is 3.95. The van der Waals surface area contributed by atoms with E-state index >= 15 is 0 Å². The van der Waals surface area contributed by atoms with Crippen LogP contribution in [0.25, 0.3) is 0 Å². The number of nitrogens with zero attached hydrogens (tertiary/aromatic N) is 1. The quantitative estimate of drug-likeness (QED) is 0.398. The van der Waals surface area contributed by atoms with Gasteiger partial charge in [0.25, 0.3) is 5.97 Å². The van der Waals surface area contributed by atoms with E-state index in [1.54, 1.807) is 0 Å². The summed E-state index contributed by atoms with van der Waals surface area (Å²) in [5.41, 5.74) is 0. The third-order valence-electron chi connectivity index (χ3n) is 0. The Balaban J connectivity index is 0. The number of carboxylic acid groups (broad SMARTS) is 1. The number of hydrogen-bond acceptors (Lipinski definition) is 3. The molecule has 0 aliphatic carbocycles. The fourth-order valence-corrected chi connectivity index (χ4v) is 0. The molecule has 0 bridgehead atoms. The van der Waals surface area contributed by atoms with Crippen molar-refractivity contribution in [2.45, 2.75) is 6.92 Å². The molecule has 6 heteroatoms. The Kier molecular flexibility index (Phi) is 8.27. The molecule has 1 N–H and O–H groups in total. The molecule has 0 aliphatic rings. The topological polar surface area (TPSA) is 80.4 Å². The third-order valence-corrected chi connectivity index (χ3v) is 0. The van der Waals surface area contributed by atoms with Crippen LogP contribution in [0.2, 0.25) is 0 Å². The first-order valence-corrected chi connectivity index (χ1v) is 1.91. The second-order valence-corrected chi connectivity index (χ2v) is 1.10. The molecule has 0 saturated heterocycles. The Hall–Kier alpha value is -0.624. The zero-order valence-corrected chi connectivity index (χ0v) is 4.99. The molecule has 8 heavy (non-hydrogen) atoms. The summed E-state index contributed by atoms with van der Waals surface area (Å²) in [6, 6.07) is 0. The minimum absolute atomic E-state index is 0.812. The number of nitro groups is 1. The summed E-state index contributed by atoms with van der Waals surface area (Å²) >= 11 is 2.73. The number of hydrogen-bond donors (Lipinski definition) is 1. The average molecular weight is 165 g/mol. The molecule has 0 heterocycles. The summed E-state index contributed by atoms with van der Waals surface area (Å²) < 4.78 is -0.812. The number of aliphatic carboxylic acids is 1. The molecule has 50 valence electrons. The summed E-state index contributed by atoms with van der Waals surface area (Å²) in [5, 5.41) is 16.1. The van der Waals surface area contributed by atoms with E-state index in [1.807, 2.05) is 0 Å². The van der Waals surface area contributed by atoms with Crippen molar-refractivity contribution in [3.63, 3.8) is 0 Å². The fourth-order valence-electron chi connectivity index (χ4n) is 0. The van der Waals surface area contributed by atoms with Gasteiger partial charge in [-0.05, 0) is 0 Å². The number of rotatable bonds is 0. The van der Waals surface area contributed by atoms with Gasteiger partial charge in [0, 0.05) is 6.92 Å². The van der Waals surface area contributed by atoms with Crippen LogP contribution in [0.4, 0.5) is 0 Å². The molecule has 0 aromatic carbocycles. The Morgan fingerprint density at radius 2 is 1.88 bits per heavy atom. The monoisotopic (exact) mass is 165 g/mol. The fraction of sp³-hybridized carbons (Fsp3) is 0.500. The molecule has 0 aromatic heterocycles. The summed E-state index contributed by atoms with van der Waals surface area (Å²) in [5.74, 6) is -0.833. The third kappa shape index (κ3) is 265. The van der Waals surface area contributed by atoms with Crippen LogP contribution in [0.15, 0.2) is 0 Å². The van der Waals surface area contributed by atoms with E-state index in [-0.39, 0.29) is 0 Å². The maximum absolute atomic E-state index is 9.00. The number of carboxylic acids is 1. The van der Waals surface area contributed by atoms with Gasteiger partial charge in [-0.15, -0.1) is 0 Å². The first-order valence-electron chi connectivity index (χ1n) is 1.44. The van der Waals surface area contributed by atoms with Crippen LogP contribution >= 0.6 is 0 Å². The van der Waals surface area contributed by atoms with E-state index in [0.717, 1.165) is 6.92 Å². The Morgan fingerprint density at radius 1 is 1.88 bits per heavy atom. The number of carbonyl (C=O) groups is 1. The molecule has 0 fully saturated rings. The molecule has 0 saturated carbocycles. The van der Waals surface area contributed by atoms with Crippen LogP contribution in [-0.2, 0) is 20.7 Å². The summed E-state index contributed by atoms with van der Waals surface area (Å²) in [6.45, 7) is 1.08. The Morgan fingerprint density at radius 3 is 1.88 bits per heavy atom. The Labute approximate surface area is 53.6 Å². The molecule has 0 aromatic rings. The van der Waals surface area contributed by atoms with Gasteiger partial charge in [-0.25, -0.2) is 0 Å². The zero-order chi connectivity index (χ0) is 7.15. The average Bonchev–Trinajstić information content (AvgIpc) is 1.25. The first kappa shape index (κ1) is 10.4. The van der Waals surface area contributed by atoms with E-state index in [2.05, 4.69) is 16.0 Å². The van der Waals surface area contributed by atoms with Crippen molar-refractivity contribution in [3.8, 4) is 0 Å². The summed E-state index contributed by atoms with van der Waals surface area (Å²) in [4.78, 5) is 17.7. The first-order chi connectivity index (χ1) is 3.46. The van der Waals surface area contributed by atoms with Gasteiger partial charge in [-0.3, -0.25) is 4.79 Å². The van der Waals surface area contributed by atoms with Crippen molar-refractivity contribution in [1.29, 1.82) is 0 Å². The van der Waals surface area contributed by atoms with Crippen molar-refractivity contribution < 1.29 is 29.8 Å². The molecule has 0 atom stereocenters. The summed E-state index contributed by atoms with van der Waals surface area (Å²) in [7, 11) is 0. The standard InChI is InChI=1S/C2H4O2.Co.NO2/c1-2(3)4;;2-1-3/h1H3,(H,3,4);;. The van der Waals surface area contributed by atoms with Crippen molar-refractivity contribution >= 4 is 5.97 Å². The molecule has 0 amide bonds. The normalized spacial score (nSPS) is 6.38. The molecule has 5 nitrogen and oxygen atoms in total. The molecular formula is C2H4CoNO4. The predicted octanol–water partition coefficient (Wildman–Crippen LogP) is -0.184. The second-order valence-electron chi connectivity index (χ2n) is 0.715. The van der Waals surface area contributed by atoms with Crippen molar-refractivity contribution in [2.75, 3.05) is 0 Å². The minimum atomic E-state index is -0.833. The van der Waals surface area contributed by atoms with Crippen LogP contribution < -0.4 is 0 Å². The van der Waals surface area contributed by atoms with Gasteiger partial charge in [0.15, 0.2) is 0 Å². The molecule has 0 aliphatic heterocycles. The van der Waals surface area contributed by atoms with Crippen molar-refractivity contribution in [2.24, 2.45) is 0 Å². The van der Waals surface area contributed by atoms with Gasteiger partial charge in [0.1, 0.15) is 0 Å². The van der Waals surface area contributed by atoms with Gasteiger partial charge in [0.2, 0.25) is 0 Å². The van der Waals surface area contributed by atoms with E-state index in [9.17, 15) is 0 Å². The molecule has 0 unspecified atom stereocenters. The molecule has 0 rings (SSSR count). The maximum atomic E-state index is 9.00. The summed E-state index contributed by atoms with van der Waals surface area (Å²) in [6.07, 6.45) is 0. The molecular weight excluding hydrogens is 161 g/mol. The van der Waals surface area contributed by atoms with Crippen LogP contribution in [0, 0.1) is 10.1 Å². The van der Waals surface area contributed by atoms with E-state index < -0.39 is 9.94 Å². The van der Waals surface area contributed by atoms with Crippen LogP contribution in [-0.4, -0.2) is 15.0 Å². The van der Waals surface area contributed by atoms with Gasteiger partial charge in [-0.1, -0.05) is 0 Å². The molecule has 0 radical (unpaired) electrons. The van der Waals surface area contributed by atoms with Crippen LogP contribution in [0.3, 0.4) is 0 Å². The van der Waals surface area contributed by atoms with Gasteiger partial charge in [0.05, 0.1) is 0 Å². The van der Waals surface area contributed by atoms with Crippen molar-refractivity contribution in [3.05, 3.63) is 10.1 Å².